The minimum atomic E-state index is -5.00. The minimum absolute atomic E-state index is 0.0757. The van der Waals surface area contributed by atoms with Gasteiger partial charge in [0.25, 0.3) is 0 Å². The van der Waals surface area contributed by atoms with E-state index in [0.717, 1.165) is 250 Å². The van der Waals surface area contributed by atoms with Gasteiger partial charge >= 0.3 is 39.5 Å². The predicted octanol–water partition coefficient (Wildman–Crippen LogP) is 26.3. The maximum Gasteiger partial charge on any atom is 0.472 e. The lowest BCUT2D eigenvalue weighted by atomic mass is 10.1. The minimum Gasteiger partial charge on any atom is -0.462 e. The average Bonchev–Trinajstić information content (AvgIpc) is 0.895. The number of allylic oxidation sites excluding steroid dienone is 26. The van der Waals surface area contributed by atoms with Gasteiger partial charge in [0.05, 0.1) is 26.4 Å². The molecule has 3 N–H and O–H groups in total. The molecule has 112 heavy (non-hydrogen) atoms. The number of hydrogen-bond donors (Lipinski definition) is 3. The summed E-state index contributed by atoms with van der Waals surface area (Å²) in [6.07, 6.45) is 99.0. The molecule has 0 saturated heterocycles. The molecule has 0 amide bonds. The van der Waals surface area contributed by atoms with E-state index in [2.05, 4.69) is 186 Å². The van der Waals surface area contributed by atoms with Crippen LogP contribution in [0.5, 0.6) is 0 Å². The van der Waals surface area contributed by atoms with Crippen LogP contribution < -0.4 is 0 Å². The number of phosphoric acid groups is 2. The summed E-state index contributed by atoms with van der Waals surface area (Å²) in [4.78, 5) is 73.4. The number of carbonyl (C=O) groups excluding carboxylic acids is 4. The van der Waals surface area contributed by atoms with Crippen LogP contribution in [0.3, 0.4) is 0 Å². The Bertz CT molecular complexity index is 2730. The predicted molar refractivity (Wildman–Crippen MR) is 464 cm³/mol. The van der Waals surface area contributed by atoms with E-state index in [1.54, 1.807) is 0 Å². The third kappa shape index (κ3) is 82.7. The van der Waals surface area contributed by atoms with Crippen molar-refractivity contribution in [2.75, 3.05) is 39.6 Å². The van der Waals surface area contributed by atoms with Crippen molar-refractivity contribution in [1.29, 1.82) is 0 Å². The molecule has 0 aromatic carbocycles. The highest BCUT2D eigenvalue weighted by molar-refractivity contribution is 7.47. The molecule has 19 heteroatoms. The van der Waals surface area contributed by atoms with E-state index in [4.69, 9.17) is 37.0 Å². The molecule has 0 aromatic heterocycles. The summed E-state index contributed by atoms with van der Waals surface area (Å²) in [5, 5.41) is 10.7. The highest BCUT2D eigenvalue weighted by Gasteiger charge is 2.30. The lowest BCUT2D eigenvalue weighted by Gasteiger charge is -2.21. The van der Waals surface area contributed by atoms with Gasteiger partial charge in [-0.3, -0.25) is 37.3 Å². The van der Waals surface area contributed by atoms with Crippen molar-refractivity contribution >= 4 is 39.5 Å². The number of carbonyl (C=O) groups is 4. The molecule has 0 radical (unpaired) electrons. The fraction of sp³-hybridized carbons (Fsp3) is 0.677. The topological polar surface area (TPSA) is 237 Å². The summed E-state index contributed by atoms with van der Waals surface area (Å²) in [7, 11) is -9.99. The molecule has 0 fully saturated rings. The largest absolute Gasteiger partial charge is 0.472 e. The summed E-state index contributed by atoms with van der Waals surface area (Å²) >= 11 is 0. The van der Waals surface area contributed by atoms with Crippen molar-refractivity contribution in [3.05, 3.63) is 158 Å². The molecule has 0 spiro atoms. The van der Waals surface area contributed by atoms with E-state index in [1.165, 1.54) is 19.3 Å². The first kappa shape index (κ1) is 107. The smallest absolute Gasteiger partial charge is 0.462 e. The number of unbranched alkanes of at least 4 members (excludes halogenated alkanes) is 29. The number of phosphoric ester groups is 2. The fourth-order valence-corrected chi connectivity index (χ4v) is 13.0. The van der Waals surface area contributed by atoms with Gasteiger partial charge in [-0.25, -0.2) is 9.13 Å². The highest BCUT2D eigenvalue weighted by Crippen LogP contribution is 2.45. The molecule has 0 aliphatic heterocycles. The van der Waals surface area contributed by atoms with Crippen LogP contribution in [0.25, 0.3) is 0 Å². The van der Waals surface area contributed by atoms with Gasteiger partial charge in [0.2, 0.25) is 0 Å². The lowest BCUT2D eigenvalue weighted by molar-refractivity contribution is -0.161. The molecule has 0 saturated carbocycles. The van der Waals surface area contributed by atoms with Crippen LogP contribution in [0.1, 0.15) is 349 Å². The normalized spacial score (nSPS) is 14.5. The van der Waals surface area contributed by atoms with Gasteiger partial charge in [-0.1, -0.05) is 314 Å². The summed E-state index contributed by atoms with van der Waals surface area (Å²) in [5.41, 5.74) is 0. The van der Waals surface area contributed by atoms with Gasteiger partial charge in [0, 0.05) is 25.7 Å². The molecule has 17 nitrogen and oxygen atoms in total. The molecule has 640 valence electrons. The first-order valence-corrected chi connectivity index (χ1v) is 46.7. The quantitative estimate of drug-likeness (QED) is 0.0169. The zero-order chi connectivity index (χ0) is 81.7. The molecule has 0 heterocycles. The number of hydrogen-bond acceptors (Lipinski definition) is 15. The Morgan fingerprint density at radius 2 is 0.464 bits per heavy atom. The Balaban J connectivity index is 5.43. The average molecular weight is 1610 g/mol. The highest BCUT2D eigenvalue weighted by atomic mass is 31.2. The number of rotatable bonds is 81. The molecular formula is C93H156O17P2. The Morgan fingerprint density at radius 3 is 0.714 bits per heavy atom. The summed E-state index contributed by atoms with van der Waals surface area (Å²) < 4.78 is 68.9. The van der Waals surface area contributed by atoms with Crippen molar-refractivity contribution in [1.82, 2.24) is 0 Å². The van der Waals surface area contributed by atoms with Gasteiger partial charge < -0.3 is 33.8 Å². The van der Waals surface area contributed by atoms with Crippen LogP contribution in [-0.2, 0) is 65.4 Å². The Labute approximate surface area is 680 Å². The summed E-state index contributed by atoms with van der Waals surface area (Å²) in [5.74, 6) is -2.22. The van der Waals surface area contributed by atoms with Crippen molar-refractivity contribution in [3.8, 4) is 0 Å². The molecule has 0 aromatic rings. The second-order valence-corrected chi connectivity index (χ2v) is 31.6. The molecule has 0 aliphatic carbocycles. The second kappa shape index (κ2) is 83.6. The monoisotopic (exact) mass is 1610 g/mol. The van der Waals surface area contributed by atoms with Gasteiger partial charge in [-0.15, -0.1) is 0 Å². The molecule has 0 aliphatic rings. The zero-order valence-electron chi connectivity index (χ0n) is 70.3. The molecule has 0 rings (SSSR count). The Morgan fingerprint density at radius 1 is 0.259 bits per heavy atom. The summed E-state index contributed by atoms with van der Waals surface area (Å²) in [6.45, 7) is 4.50. The van der Waals surface area contributed by atoms with Crippen LogP contribution in [0.4, 0.5) is 0 Å². The van der Waals surface area contributed by atoms with E-state index >= 15 is 0 Å². The summed E-state index contributed by atoms with van der Waals surface area (Å²) in [6, 6.07) is 0. The molecule has 0 bridgehead atoms. The van der Waals surface area contributed by atoms with Crippen LogP contribution in [0.15, 0.2) is 158 Å². The Kier molecular flexibility index (Phi) is 79.6. The van der Waals surface area contributed by atoms with E-state index in [0.29, 0.717) is 25.7 Å². The van der Waals surface area contributed by atoms with E-state index < -0.39 is 97.5 Å². The third-order valence-electron chi connectivity index (χ3n) is 18.0. The van der Waals surface area contributed by atoms with Gasteiger partial charge in [-0.2, -0.15) is 0 Å². The van der Waals surface area contributed by atoms with E-state index in [-0.39, 0.29) is 25.7 Å². The van der Waals surface area contributed by atoms with Crippen molar-refractivity contribution in [2.24, 2.45) is 0 Å². The SMILES string of the molecule is CC/C=C\C/C=C\C/C=C\C/C=C\CCCCCCCCC(=O)OCC(COP(=O)(O)OCC(O)COP(=O)(O)OCC(COC(=O)CCCCCCCC/C=C\C/C=C\C/C=C\CCCCC)OC(=O)CCCCCCCCC/C=C\C/C=C\C/C=C\CC)OC(=O)CCCCCCCCC/C=C\C/C=C\C/C=C\CC. The van der Waals surface area contributed by atoms with Gasteiger partial charge in [0.15, 0.2) is 12.2 Å². The molecule has 5 atom stereocenters. The van der Waals surface area contributed by atoms with Crippen LogP contribution >= 0.6 is 15.6 Å². The van der Waals surface area contributed by atoms with E-state index in [1.807, 2.05) is 0 Å². The molecule has 5 unspecified atom stereocenters. The number of ether oxygens (including phenoxy) is 4. The standard InChI is InChI=1S/C93H156O17P2/c1-5-9-13-17-21-25-29-33-37-41-43-47-49-53-57-61-65-69-73-77-90(95)103-83-88(109-92(97)79-75-71-67-63-59-55-51-45-39-35-31-27-23-19-15-11-7-3)85-107-111(99,100)105-81-87(94)82-106-112(101,102)108-86-89(110-93(98)80-76-72-68-64-60-56-52-46-40-36-32-28-24-20-16-12-8-4)84-104-91(96)78-74-70-66-62-58-54-50-48-44-42-38-34-30-26-22-18-14-10-6-2/h9,11-13,15-16,21-28,33-40,43-44,47-48,87-89,94H,5-8,10,14,17-20,29-32,41-42,45-46,49-86H2,1-4H3,(H,99,100)(H,101,102)/b13-9-,15-11-,16-12-,25-21-,26-22-,27-23-,28-24-,37-33-,38-34-,39-35-,40-36-,47-43-,48-44-. The van der Waals surface area contributed by atoms with Gasteiger partial charge in [0.1, 0.15) is 19.3 Å². The first-order valence-electron chi connectivity index (χ1n) is 43.7. The van der Waals surface area contributed by atoms with Gasteiger partial charge in [-0.05, 0) is 167 Å². The number of aliphatic hydroxyl groups excluding tert-OH is 1. The Hall–Kier alpha value is -5.32. The first-order chi connectivity index (χ1) is 54.7. The van der Waals surface area contributed by atoms with Crippen LogP contribution in [-0.4, -0.2) is 96.7 Å². The zero-order valence-corrected chi connectivity index (χ0v) is 72.1. The maximum atomic E-state index is 13.2. The van der Waals surface area contributed by atoms with Crippen molar-refractivity contribution in [2.45, 2.75) is 367 Å². The lowest BCUT2D eigenvalue weighted by Crippen LogP contribution is -2.30. The van der Waals surface area contributed by atoms with Crippen LogP contribution in [0.2, 0.25) is 0 Å². The van der Waals surface area contributed by atoms with Crippen LogP contribution in [0, 0.1) is 0 Å². The fourth-order valence-electron chi connectivity index (χ4n) is 11.4. The van der Waals surface area contributed by atoms with Crippen molar-refractivity contribution in [3.63, 3.8) is 0 Å². The van der Waals surface area contributed by atoms with E-state index in [9.17, 15) is 43.2 Å². The maximum absolute atomic E-state index is 13.2. The molecular weight excluding hydrogens is 1450 g/mol. The van der Waals surface area contributed by atoms with Crippen molar-refractivity contribution < 1.29 is 80.2 Å². The number of esters is 4. The third-order valence-corrected chi connectivity index (χ3v) is 19.9. The second-order valence-electron chi connectivity index (χ2n) is 28.7. The number of aliphatic hydroxyl groups is 1.